The highest BCUT2D eigenvalue weighted by Crippen LogP contribution is 2.31. The van der Waals surface area contributed by atoms with Crippen molar-refractivity contribution in [1.82, 2.24) is 5.32 Å². The van der Waals surface area contributed by atoms with Crippen LogP contribution in [-0.4, -0.2) is 30.9 Å². The number of ether oxygens (including phenoxy) is 1. The van der Waals surface area contributed by atoms with Crippen molar-refractivity contribution >= 4 is 23.4 Å². The van der Waals surface area contributed by atoms with Gasteiger partial charge < -0.3 is 10.1 Å². The molecule has 0 spiro atoms. The molecule has 2 aliphatic rings. The van der Waals surface area contributed by atoms with Crippen LogP contribution in [0.15, 0.2) is 42.5 Å². The Bertz CT molecular complexity index is 932. The molecule has 0 radical (unpaired) electrons. The summed E-state index contributed by atoms with van der Waals surface area (Å²) in [6, 6.07) is 11.6. The van der Waals surface area contributed by atoms with E-state index in [-0.39, 0.29) is 17.5 Å². The van der Waals surface area contributed by atoms with Crippen LogP contribution in [0.5, 0.6) is 5.75 Å². The van der Waals surface area contributed by atoms with Crippen molar-refractivity contribution in [3.8, 4) is 5.75 Å². The van der Waals surface area contributed by atoms with E-state index in [1.165, 1.54) is 13.2 Å². The van der Waals surface area contributed by atoms with Crippen molar-refractivity contribution in [3.63, 3.8) is 0 Å². The van der Waals surface area contributed by atoms with Crippen LogP contribution in [0.4, 0.5) is 5.69 Å². The standard InChI is InChI=1S/C21H20N2O4/c1-27-16-8-4-7-15(12-16)23-20(25)17-10-9-13(11-18(17)21(23)26)19(24)22-14-5-2-3-6-14/h4,7-12,14H,2-3,5-6H2,1H3,(H,22,24). The second kappa shape index (κ2) is 6.87. The quantitative estimate of drug-likeness (QED) is 0.846. The third kappa shape index (κ3) is 3.07. The number of carbonyl (C=O) groups is 3. The summed E-state index contributed by atoms with van der Waals surface area (Å²) < 4.78 is 5.17. The van der Waals surface area contributed by atoms with Gasteiger partial charge in [-0.15, -0.1) is 0 Å². The molecule has 3 amide bonds. The van der Waals surface area contributed by atoms with E-state index in [0.717, 1.165) is 30.6 Å². The molecule has 2 aromatic carbocycles. The monoisotopic (exact) mass is 364 g/mol. The van der Waals surface area contributed by atoms with Crippen molar-refractivity contribution in [2.75, 3.05) is 12.0 Å². The second-order valence-electron chi connectivity index (χ2n) is 6.86. The van der Waals surface area contributed by atoms with Crippen LogP contribution in [0, 0.1) is 0 Å². The fourth-order valence-electron chi connectivity index (χ4n) is 3.71. The summed E-state index contributed by atoms with van der Waals surface area (Å²) in [5, 5.41) is 3.01. The minimum Gasteiger partial charge on any atom is -0.497 e. The summed E-state index contributed by atoms with van der Waals surface area (Å²) in [6.45, 7) is 0. The van der Waals surface area contributed by atoms with E-state index in [1.807, 2.05) is 0 Å². The topological polar surface area (TPSA) is 75.7 Å². The lowest BCUT2D eigenvalue weighted by Gasteiger charge is -2.14. The van der Waals surface area contributed by atoms with Crippen LogP contribution >= 0.6 is 0 Å². The van der Waals surface area contributed by atoms with Crippen LogP contribution < -0.4 is 15.0 Å². The molecule has 1 saturated carbocycles. The number of nitrogens with zero attached hydrogens (tertiary/aromatic N) is 1. The third-order valence-electron chi connectivity index (χ3n) is 5.15. The molecule has 138 valence electrons. The van der Waals surface area contributed by atoms with E-state index in [1.54, 1.807) is 36.4 Å². The Labute approximate surface area is 157 Å². The first kappa shape index (κ1) is 17.3. The van der Waals surface area contributed by atoms with Gasteiger partial charge >= 0.3 is 0 Å². The van der Waals surface area contributed by atoms with Gasteiger partial charge in [0.1, 0.15) is 5.75 Å². The molecule has 0 saturated heterocycles. The number of hydrogen-bond donors (Lipinski definition) is 1. The number of rotatable bonds is 4. The Morgan fingerprint density at radius 2 is 1.78 bits per heavy atom. The Hall–Kier alpha value is -3.15. The van der Waals surface area contributed by atoms with E-state index in [4.69, 9.17) is 4.74 Å². The molecule has 6 heteroatoms. The number of methoxy groups -OCH3 is 1. The van der Waals surface area contributed by atoms with Gasteiger partial charge in [-0.1, -0.05) is 18.9 Å². The summed E-state index contributed by atoms with van der Waals surface area (Å²) in [7, 11) is 1.52. The van der Waals surface area contributed by atoms with Crippen LogP contribution in [0.2, 0.25) is 0 Å². The molecule has 4 rings (SSSR count). The largest absolute Gasteiger partial charge is 0.497 e. The zero-order chi connectivity index (χ0) is 19.0. The minimum absolute atomic E-state index is 0.191. The minimum atomic E-state index is -0.432. The van der Waals surface area contributed by atoms with Gasteiger partial charge in [-0.05, 0) is 43.2 Å². The average Bonchev–Trinajstić information content (AvgIpc) is 3.28. The first-order valence-electron chi connectivity index (χ1n) is 9.06. The molecule has 0 bridgehead atoms. The fourth-order valence-corrected chi connectivity index (χ4v) is 3.71. The maximum atomic E-state index is 12.9. The second-order valence-corrected chi connectivity index (χ2v) is 6.86. The Morgan fingerprint density at radius 1 is 1.04 bits per heavy atom. The molecular weight excluding hydrogens is 344 g/mol. The van der Waals surface area contributed by atoms with E-state index >= 15 is 0 Å². The summed E-state index contributed by atoms with van der Waals surface area (Å²) >= 11 is 0. The number of amides is 3. The van der Waals surface area contributed by atoms with Gasteiger partial charge in [-0.3, -0.25) is 14.4 Å². The number of imide groups is 1. The molecule has 0 unspecified atom stereocenters. The summed E-state index contributed by atoms with van der Waals surface area (Å²) in [5.74, 6) is -0.477. The highest BCUT2D eigenvalue weighted by molar-refractivity contribution is 6.34. The lowest BCUT2D eigenvalue weighted by atomic mass is 10.0. The van der Waals surface area contributed by atoms with E-state index < -0.39 is 11.8 Å². The van der Waals surface area contributed by atoms with Crippen molar-refractivity contribution < 1.29 is 19.1 Å². The lowest BCUT2D eigenvalue weighted by molar-refractivity contribution is 0.0921. The average molecular weight is 364 g/mol. The highest BCUT2D eigenvalue weighted by Gasteiger charge is 2.37. The molecule has 0 atom stereocenters. The van der Waals surface area contributed by atoms with E-state index in [0.29, 0.717) is 22.6 Å². The van der Waals surface area contributed by atoms with Gasteiger partial charge in [-0.2, -0.15) is 0 Å². The van der Waals surface area contributed by atoms with Crippen LogP contribution in [0.3, 0.4) is 0 Å². The summed E-state index contributed by atoms with van der Waals surface area (Å²) in [4.78, 5) is 39.2. The van der Waals surface area contributed by atoms with Crippen molar-refractivity contribution in [2.45, 2.75) is 31.7 Å². The van der Waals surface area contributed by atoms with Crippen molar-refractivity contribution in [3.05, 3.63) is 59.2 Å². The van der Waals surface area contributed by atoms with Crippen LogP contribution in [0.1, 0.15) is 56.8 Å². The van der Waals surface area contributed by atoms with Gasteiger partial charge in [0.2, 0.25) is 0 Å². The molecular formula is C21H20N2O4. The molecule has 0 aromatic heterocycles. The maximum Gasteiger partial charge on any atom is 0.266 e. The number of benzene rings is 2. The predicted octanol–water partition coefficient (Wildman–Crippen LogP) is 3.17. The third-order valence-corrected chi connectivity index (χ3v) is 5.15. The number of fused-ring (bicyclic) bond motifs is 1. The Kier molecular flexibility index (Phi) is 4.39. The molecule has 1 fully saturated rings. The lowest BCUT2D eigenvalue weighted by Crippen LogP contribution is -2.32. The Morgan fingerprint density at radius 3 is 2.52 bits per heavy atom. The SMILES string of the molecule is COc1cccc(N2C(=O)c3ccc(C(=O)NC4CCCC4)cc3C2=O)c1. The van der Waals surface area contributed by atoms with Gasteiger partial charge in [0.25, 0.3) is 17.7 Å². The van der Waals surface area contributed by atoms with Crippen molar-refractivity contribution in [2.24, 2.45) is 0 Å². The fraction of sp³-hybridized carbons (Fsp3) is 0.286. The molecule has 6 nitrogen and oxygen atoms in total. The van der Waals surface area contributed by atoms with Crippen molar-refractivity contribution in [1.29, 1.82) is 0 Å². The summed E-state index contributed by atoms with van der Waals surface area (Å²) in [6.07, 6.45) is 4.21. The molecule has 1 heterocycles. The number of hydrogen-bond acceptors (Lipinski definition) is 4. The maximum absolute atomic E-state index is 12.9. The first-order chi connectivity index (χ1) is 13.1. The smallest absolute Gasteiger partial charge is 0.266 e. The summed E-state index contributed by atoms with van der Waals surface area (Å²) in [5.41, 5.74) is 1.40. The molecule has 2 aromatic rings. The highest BCUT2D eigenvalue weighted by atomic mass is 16.5. The molecule has 27 heavy (non-hydrogen) atoms. The van der Waals surface area contributed by atoms with E-state index in [9.17, 15) is 14.4 Å². The van der Waals surface area contributed by atoms with Gasteiger partial charge in [0.05, 0.1) is 23.9 Å². The molecule has 1 N–H and O–H groups in total. The first-order valence-corrected chi connectivity index (χ1v) is 9.06. The van der Waals surface area contributed by atoms with E-state index in [2.05, 4.69) is 5.32 Å². The van der Waals surface area contributed by atoms with Gasteiger partial charge in [0.15, 0.2) is 0 Å². The zero-order valence-electron chi connectivity index (χ0n) is 15.0. The number of nitrogens with one attached hydrogen (secondary N) is 1. The number of anilines is 1. The Balaban J connectivity index is 1.62. The predicted molar refractivity (Wildman–Crippen MR) is 100 cm³/mol. The van der Waals surface area contributed by atoms with Crippen LogP contribution in [0.25, 0.3) is 0 Å². The molecule has 1 aliphatic heterocycles. The van der Waals surface area contributed by atoms with Crippen LogP contribution in [-0.2, 0) is 0 Å². The van der Waals surface area contributed by atoms with Gasteiger partial charge in [0, 0.05) is 17.7 Å². The number of carbonyl (C=O) groups excluding carboxylic acids is 3. The van der Waals surface area contributed by atoms with Gasteiger partial charge in [-0.25, -0.2) is 4.90 Å². The normalized spacial score (nSPS) is 16.6. The molecule has 1 aliphatic carbocycles. The zero-order valence-corrected chi connectivity index (χ0v) is 15.0.